The minimum atomic E-state index is -0.478. The SMILES string of the molecule is Cc1[nH]ncc1Nc1nccc(-c2ccc3c(c2)CN(C[C@H](C)O)CC[C@@H]3NC(=O)c2nnc(C(C)(C)C)o2)n1. The number of aliphatic hydroxyl groups is 1. The second-order valence-corrected chi connectivity index (χ2v) is 11.3. The lowest BCUT2D eigenvalue weighted by Gasteiger charge is -2.22. The lowest BCUT2D eigenvalue weighted by molar-refractivity contribution is 0.0889. The fraction of sp³-hybridized carbons (Fsp3) is 0.429. The molecule has 40 heavy (non-hydrogen) atoms. The van der Waals surface area contributed by atoms with E-state index in [1.54, 1.807) is 19.3 Å². The number of carbonyl (C=O) groups is 1. The van der Waals surface area contributed by atoms with Crippen molar-refractivity contribution in [2.75, 3.05) is 18.4 Å². The zero-order valence-electron chi connectivity index (χ0n) is 23.4. The number of aliphatic hydroxyl groups excluding tert-OH is 1. The Morgan fingerprint density at radius 2 is 2.10 bits per heavy atom. The molecule has 0 unspecified atom stereocenters. The van der Waals surface area contributed by atoms with Crippen LogP contribution in [0.15, 0.2) is 41.1 Å². The molecule has 0 radical (unpaired) electrons. The van der Waals surface area contributed by atoms with E-state index in [0.29, 0.717) is 37.9 Å². The summed E-state index contributed by atoms with van der Waals surface area (Å²) in [5.41, 5.74) is 5.06. The molecule has 12 nitrogen and oxygen atoms in total. The van der Waals surface area contributed by atoms with E-state index >= 15 is 0 Å². The van der Waals surface area contributed by atoms with Gasteiger partial charge in [-0.1, -0.05) is 32.9 Å². The van der Waals surface area contributed by atoms with Crippen molar-refractivity contribution < 1.29 is 14.3 Å². The molecule has 0 bridgehead atoms. The summed E-state index contributed by atoms with van der Waals surface area (Å²) < 4.78 is 5.67. The predicted octanol–water partition coefficient (Wildman–Crippen LogP) is 3.66. The Hall–Kier alpha value is -4.16. The third kappa shape index (κ3) is 6.18. The first-order valence-corrected chi connectivity index (χ1v) is 13.4. The summed E-state index contributed by atoms with van der Waals surface area (Å²) in [6.07, 6.45) is 3.59. The summed E-state index contributed by atoms with van der Waals surface area (Å²) in [6.45, 7) is 11.4. The van der Waals surface area contributed by atoms with Gasteiger partial charge in [0, 0.05) is 36.8 Å². The Bertz CT molecular complexity index is 1490. The summed E-state index contributed by atoms with van der Waals surface area (Å²) in [7, 11) is 0. The highest BCUT2D eigenvalue weighted by Crippen LogP contribution is 2.31. The van der Waals surface area contributed by atoms with Gasteiger partial charge in [0.15, 0.2) is 0 Å². The average Bonchev–Trinajstić information content (AvgIpc) is 3.52. The van der Waals surface area contributed by atoms with Crippen LogP contribution < -0.4 is 10.6 Å². The van der Waals surface area contributed by atoms with Crippen LogP contribution in [-0.2, 0) is 12.0 Å². The van der Waals surface area contributed by atoms with Gasteiger partial charge in [-0.25, -0.2) is 9.97 Å². The highest BCUT2D eigenvalue weighted by molar-refractivity contribution is 5.89. The van der Waals surface area contributed by atoms with Gasteiger partial charge in [-0.3, -0.25) is 14.8 Å². The van der Waals surface area contributed by atoms with Gasteiger partial charge in [-0.05, 0) is 43.5 Å². The zero-order valence-corrected chi connectivity index (χ0v) is 23.4. The first kappa shape index (κ1) is 27.4. The standard InChI is InChI=1S/C28H35N9O3/c1-16(38)14-37-11-9-22(31-24(39)25-35-36-26(40-25)28(3,4)5)20-7-6-18(12-19(20)15-37)21-8-10-29-27(32-21)33-23-13-30-34-17(23)2/h6-8,10,12-13,16,22,38H,9,11,14-15H2,1-5H3,(H,30,34)(H,31,39)(H,29,32,33)/t16-,22-/m0/s1. The number of H-pyrrole nitrogens is 1. The topological polar surface area (TPSA) is 158 Å². The van der Waals surface area contributed by atoms with Crippen LogP contribution in [0.25, 0.3) is 11.3 Å². The number of nitrogens with zero attached hydrogens (tertiary/aromatic N) is 6. The minimum Gasteiger partial charge on any atom is -0.416 e. The maximum absolute atomic E-state index is 13.1. The maximum Gasteiger partial charge on any atom is 0.309 e. The largest absolute Gasteiger partial charge is 0.416 e. The van der Waals surface area contributed by atoms with E-state index in [1.165, 1.54) is 0 Å². The molecule has 0 saturated heterocycles. The number of fused-ring (bicyclic) bond motifs is 1. The van der Waals surface area contributed by atoms with Crippen LogP contribution in [0.3, 0.4) is 0 Å². The number of hydrogen-bond donors (Lipinski definition) is 4. The second-order valence-electron chi connectivity index (χ2n) is 11.3. The normalized spacial score (nSPS) is 16.7. The monoisotopic (exact) mass is 545 g/mol. The zero-order chi connectivity index (χ0) is 28.4. The van der Waals surface area contributed by atoms with Crippen LogP contribution in [0.4, 0.5) is 11.6 Å². The van der Waals surface area contributed by atoms with Crippen LogP contribution in [0.5, 0.6) is 0 Å². The Kier molecular flexibility index (Phi) is 7.63. The van der Waals surface area contributed by atoms with Crippen LogP contribution in [0.2, 0.25) is 0 Å². The first-order chi connectivity index (χ1) is 19.1. The summed E-state index contributed by atoms with van der Waals surface area (Å²) in [4.78, 5) is 24.4. The Balaban J connectivity index is 1.43. The number of carbonyl (C=O) groups excluding carboxylic acids is 1. The van der Waals surface area contributed by atoms with E-state index < -0.39 is 12.0 Å². The molecule has 1 aliphatic heterocycles. The lowest BCUT2D eigenvalue weighted by atomic mass is 9.96. The van der Waals surface area contributed by atoms with Crippen molar-refractivity contribution in [1.29, 1.82) is 0 Å². The number of aromatic nitrogens is 6. The van der Waals surface area contributed by atoms with E-state index in [9.17, 15) is 9.90 Å². The van der Waals surface area contributed by atoms with Crippen molar-refractivity contribution in [3.05, 3.63) is 65.3 Å². The molecule has 3 aromatic heterocycles. The Morgan fingerprint density at radius 3 is 2.80 bits per heavy atom. The highest BCUT2D eigenvalue weighted by Gasteiger charge is 2.28. The van der Waals surface area contributed by atoms with Gasteiger partial charge in [-0.15, -0.1) is 10.2 Å². The van der Waals surface area contributed by atoms with E-state index in [1.807, 2.05) is 45.9 Å². The number of hydrogen-bond acceptors (Lipinski definition) is 10. The van der Waals surface area contributed by atoms with Crippen molar-refractivity contribution in [3.8, 4) is 11.3 Å². The number of amides is 1. The third-order valence-corrected chi connectivity index (χ3v) is 6.76. The molecule has 1 aliphatic rings. The number of benzene rings is 1. The molecule has 1 aromatic carbocycles. The van der Waals surface area contributed by atoms with E-state index in [2.05, 4.69) is 47.0 Å². The highest BCUT2D eigenvalue weighted by atomic mass is 16.4. The smallest absolute Gasteiger partial charge is 0.309 e. The molecule has 4 heterocycles. The fourth-order valence-corrected chi connectivity index (χ4v) is 4.72. The van der Waals surface area contributed by atoms with Crippen LogP contribution in [0.1, 0.15) is 73.6 Å². The number of nitrogens with one attached hydrogen (secondary N) is 3. The van der Waals surface area contributed by atoms with E-state index in [4.69, 9.17) is 9.40 Å². The summed E-state index contributed by atoms with van der Waals surface area (Å²) in [6, 6.07) is 7.72. The molecule has 0 fully saturated rings. The third-order valence-electron chi connectivity index (χ3n) is 6.76. The molecule has 5 rings (SSSR count). The van der Waals surface area contributed by atoms with Gasteiger partial charge in [0.25, 0.3) is 0 Å². The van der Waals surface area contributed by atoms with Gasteiger partial charge in [-0.2, -0.15) is 5.10 Å². The second kappa shape index (κ2) is 11.1. The van der Waals surface area contributed by atoms with Crippen molar-refractivity contribution in [2.45, 2.75) is 65.1 Å². The molecule has 0 saturated carbocycles. The van der Waals surface area contributed by atoms with Crippen LogP contribution in [-0.4, -0.2) is 65.5 Å². The molecule has 0 aliphatic carbocycles. The molecule has 2 atom stereocenters. The first-order valence-electron chi connectivity index (χ1n) is 13.4. The molecule has 4 aromatic rings. The van der Waals surface area contributed by atoms with Crippen molar-refractivity contribution >= 4 is 17.5 Å². The van der Waals surface area contributed by atoms with E-state index in [0.717, 1.165) is 33.8 Å². The van der Waals surface area contributed by atoms with Crippen molar-refractivity contribution in [3.63, 3.8) is 0 Å². The van der Waals surface area contributed by atoms with Crippen LogP contribution >= 0.6 is 0 Å². The summed E-state index contributed by atoms with van der Waals surface area (Å²) >= 11 is 0. The molecule has 12 heteroatoms. The number of aromatic amines is 1. The van der Waals surface area contributed by atoms with Crippen molar-refractivity contribution in [2.24, 2.45) is 0 Å². The number of aryl methyl sites for hydroxylation is 1. The molecule has 0 spiro atoms. The Morgan fingerprint density at radius 1 is 1.27 bits per heavy atom. The maximum atomic E-state index is 13.1. The molecule has 4 N–H and O–H groups in total. The predicted molar refractivity (Wildman–Crippen MR) is 149 cm³/mol. The lowest BCUT2D eigenvalue weighted by Crippen LogP contribution is -2.32. The Labute approximate surface area is 232 Å². The molecule has 210 valence electrons. The minimum absolute atomic E-state index is 0.0537. The molecular weight excluding hydrogens is 510 g/mol. The molecular formula is C28H35N9O3. The number of anilines is 2. The fourth-order valence-electron chi connectivity index (χ4n) is 4.72. The van der Waals surface area contributed by atoms with Crippen molar-refractivity contribution in [1.82, 2.24) is 40.6 Å². The summed E-state index contributed by atoms with van der Waals surface area (Å²) in [5.74, 6) is 0.412. The summed E-state index contributed by atoms with van der Waals surface area (Å²) in [5, 5.41) is 31.3. The average molecular weight is 546 g/mol. The quantitative estimate of drug-likeness (QED) is 0.270. The van der Waals surface area contributed by atoms with Crippen LogP contribution in [0, 0.1) is 6.92 Å². The van der Waals surface area contributed by atoms with Gasteiger partial charge >= 0.3 is 11.8 Å². The van der Waals surface area contributed by atoms with Gasteiger partial charge in [0.05, 0.1) is 35.4 Å². The van der Waals surface area contributed by atoms with Gasteiger partial charge in [0.1, 0.15) is 0 Å². The van der Waals surface area contributed by atoms with Gasteiger partial charge in [0.2, 0.25) is 11.8 Å². The number of rotatable bonds is 7. The van der Waals surface area contributed by atoms with E-state index in [-0.39, 0.29) is 17.3 Å². The number of β-amino-alcohol motifs (C(OH)–C–C–N with tert-alkyl or cyclic N) is 1. The van der Waals surface area contributed by atoms with Gasteiger partial charge < -0.3 is 20.2 Å². The molecule has 1 amide bonds.